The molecule has 1 spiro atoms. The van der Waals surface area contributed by atoms with Crippen LogP contribution in [0.2, 0.25) is 0 Å². The lowest BCUT2D eigenvalue weighted by Crippen LogP contribution is -2.29. The van der Waals surface area contributed by atoms with E-state index < -0.39 is 5.41 Å². The van der Waals surface area contributed by atoms with Gasteiger partial charge in [0.05, 0.1) is 27.8 Å². The molecule has 35 heavy (non-hydrogen) atoms. The highest BCUT2D eigenvalue weighted by Crippen LogP contribution is 2.60. The molecule has 0 atom stereocenters. The lowest BCUT2D eigenvalue weighted by molar-refractivity contribution is 0.775. The molecule has 162 valence electrons. The fourth-order valence-electron chi connectivity index (χ4n) is 6.37. The predicted octanol–water partition coefficient (Wildman–Crippen LogP) is 7.64. The molecule has 0 fully saturated rings. The van der Waals surface area contributed by atoms with Crippen molar-refractivity contribution in [1.29, 1.82) is 0 Å². The highest BCUT2D eigenvalue weighted by Gasteiger charge is 2.49. The van der Waals surface area contributed by atoms with Crippen molar-refractivity contribution in [3.05, 3.63) is 144 Å². The minimum absolute atomic E-state index is 0.449. The van der Waals surface area contributed by atoms with Crippen molar-refractivity contribution in [2.24, 2.45) is 0 Å². The van der Waals surface area contributed by atoms with Crippen molar-refractivity contribution in [3.63, 3.8) is 0 Å². The van der Waals surface area contributed by atoms with Crippen LogP contribution in [0.4, 0.5) is 0 Å². The maximum absolute atomic E-state index is 5.22. The average molecular weight is 445 g/mol. The summed E-state index contributed by atoms with van der Waals surface area (Å²) in [5.41, 5.74) is 13.3. The van der Waals surface area contributed by atoms with Crippen molar-refractivity contribution in [2.45, 2.75) is 5.41 Å². The topological polar surface area (TPSA) is 25.8 Å². The first kappa shape index (κ1) is 18.8. The summed E-state index contributed by atoms with van der Waals surface area (Å²) in [7, 11) is 0. The molecule has 2 heteroatoms. The number of aromatic nitrogens is 2. The lowest BCUT2D eigenvalue weighted by Gasteiger charge is -2.35. The zero-order chi connectivity index (χ0) is 23.0. The van der Waals surface area contributed by atoms with Crippen LogP contribution in [0.15, 0.2) is 121 Å². The number of hydrogen-bond acceptors (Lipinski definition) is 2. The van der Waals surface area contributed by atoms with E-state index in [-0.39, 0.29) is 0 Å². The molecule has 0 saturated heterocycles. The van der Waals surface area contributed by atoms with E-state index >= 15 is 0 Å². The Labute approximate surface area is 203 Å². The van der Waals surface area contributed by atoms with E-state index in [1.165, 1.54) is 33.4 Å². The maximum atomic E-state index is 5.22. The smallest absolute Gasteiger partial charge is 0.0976 e. The quantitative estimate of drug-likeness (QED) is 0.240. The summed E-state index contributed by atoms with van der Waals surface area (Å²) in [6, 6.07) is 43.5. The number of hydrogen-bond donors (Lipinski definition) is 0. The van der Waals surface area contributed by atoms with Gasteiger partial charge in [0.15, 0.2) is 0 Å². The normalized spacial score (nSPS) is 13.9. The third kappa shape index (κ3) is 2.29. The van der Waals surface area contributed by atoms with Gasteiger partial charge in [0.25, 0.3) is 0 Å². The van der Waals surface area contributed by atoms with Crippen LogP contribution in [0.25, 0.3) is 44.7 Å². The first-order valence-corrected chi connectivity index (χ1v) is 12.0. The molecular weight excluding hydrogens is 424 g/mol. The standard InChI is InChI=1S/C33H20N2/c1-5-15-25-21(11-1)22-12-2-6-16-26(22)33(25)27-17-7-3-13-23(27)31-32(24-14-4-8-18-28(24)33)35-30-20-10-9-19-29(30)34-31/h1-20H. The highest BCUT2D eigenvalue weighted by molar-refractivity contribution is 5.96. The summed E-state index contributed by atoms with van der Waals surface area (Å²) in [4.78, 5) is 10.4. The number of nitrogens with zero attached hydrogens (tertiary/aromatic N) is 2. The number of rotatable bonds is 0. The van der Waals surface area contributed by atoms with E-state index in [0.717, 1.165) is 33.5 Å². The largest absolute Gasteiger partial charge is 0.244 e. The first-order valence-electron chi connectivity index (χ1n) is 12.0. The van der Waals surface area contributed by atoms with E-state index in [1.54, 1.807) is 0 Å². The number of para-hydroxylation sites is 2. The van der Waals surface area contributed by atoms with Crippen LogP contribution in [0.5, 0.6) is 0 Å². The van der Waals surface area contributed by atoms with Gasteiger partial charge in [0.1, 0.15) is 0 Å². The van der Waals surface area contributed by atoms with Crippen molar-refractivity contribution < 1.29 is 0 Å². The Morgan fingerprint density at radius 3 is 1.09 bits per heavy atom. The molecule has 0 radical (unpaired) electrons. The predicted molar refractivity (Wildman–Crippen MR) is 141 cm³/mol. The van der Waals surface area contributed by atoms with Gasteiger partial charge in [-0.2, -0.15) is 0 Å². The third-order valence-electron chi connectivity index (χ3n) is 7.70. The Hall–Kier alpha value is -4.56. The molecule has 2 nitrogen and oxygen atoms in total. The van der Waals surface area contributed by atoms with E-state index in [2.05, 4.69) is 109 Å². The van der Waals surface area contributed by atoms with E-state index in [9.17, 15) is 0 Å². The van der Waals surface area contributed by atoms with E-state index in [4.69, 9.17) is 9.97 Å². The SMILES string of the molecule is c1ccc2c(c1)-c1ccccc1C21c2ccccc2-c2nc3ccccc3nc2-c2ccccc21. The van der Waals surface area contributed by atoms with Crippen molar-refractivity contribution >= 4 is 11.0 Å². The summed E-state index contributed by atoms with van der Waals surface area (Å²) in [5, 5.41) is 0. The monoisotopic (exact) mass is 444 g/mol. The molecule has 0 amide bonds. The summed E-state index contributed by atoms with van der Waals surface area (Å²) in [6.45, 7) is 0. The van der Waals surface area contributed by atoms with Crippen LogP contribution < -0.4 is 0 Å². The van der Waals surface area contributed by atoms with Crippen LogP contribution in [0.3, 0.4) is 0 Å². The minimum atomic E-state index is -0.449. The van der Waals surface area contributed by atoms with Gasteiger partial charge >= 0.3 is 0 Å². The molecule has 5 aromatic carbocycles. The van der Waals surface area contributed by atoms with E-state index in [1.807, 2.05) is 12.1 Å². The van der Waals surface area contributed by atoms with E-state index in [0.29, 0.717) is 0 Å². The Morgan fingerprint density at radius 2 is 0.657 bits per heavy atom. The highest BCUT2D eigenvalue weighted by atomic mass is 14.8. The van der Waals surface area contributed by atoms with Gasteiger partial charge in [-0.05, 0) is 45.5 Å². The summed E-state index contributed by atoms with van der Waals surface area (Å²) in [6.07, 6.45) is 0. The second-order valence-electron chi connectivity index (χ2n) is 9.34. The molecule has 8 rings (SSSR count). The molecule has 0 saturated carbocycles. The van der Waals surface area contributed by atoms with Crippen molar-refractivity contribution in [3.8, 4) is 33.6 Å². The molecule has 2 aliphatic carbocycles. The summed E-state index contributed by atoms with van der Waals surface area (Å²) in [5.74, 6) is 0. The molecule has 6 aromatic rings. The van der Waals surface area contributed by atoms with Crippen LogP contribution in [-0.4, -0.2) is 9.97 Å². The van der Waals surface area contributed by atoms with Crippen LogP contribution in [0.1, 0.15) is 22.3 Å². The molecule has 0 unspecified atom stereocenters. The second-order valence-corrected chi connectivity index (χ2v) is 9.34. The number of benzene rings is 5. The van der Waals surface area contributed by atoms with Crippen molar-refractivity contribution in [2.75, 3.05) is 0 Å². The fourth-order valence-corrected chi connectivity index (χ4v) is 6.37. The molecule has 2 aliphatic rings. The Balaban J connectivity index is 1.64. The molecule has 0 bridgehead atoms. The zero-order valence-electron chi connectivity index (χ0n) is 18.9. The molecule has 0 N–H and O–H groups in total. The maximum Gasteiger partial charge on any atom is 0.0976 e. The molecule has 1 heterocycles. The first-order chi connectivity index (χ1) is 17.4. The molecule has 0 aliphatic heterocycles. The van der Waals surface area contributed by atoms with Crippen LogP contribution >= 0.6 is 0 Å². The van der Waals surface area contributed by atoms with Crippen LogP contribution in [0, 0.1) is 0 Å². The molecular formula is C33H20N2. The Bertz CT molecular complexity index is 1680. The number of fused-ring (bicyclic) bond motifs is 13. The average Bonchev–Trinajstić information content (AvgIpc) is 3.18. The Kier molecular flexibility index (Phi) is 3.62. The van der Waals surface area contributed by atoms with Gasteiger partial charge in [0.2, 0.25) is 0 Å². The lowest BCUT2D eigenvalue weighted by atomic mass is 9.66. The fraction of sp³-hybridized carbons (Fsp3) is 0.0303. The minimum Gasteiger partial charge on any atom is -0.244 e. The van der Waals surface area contributed by atoms with Gasteiger partial charge in [-0.15, -0.1) is 0 Å². The third-order valence-corrected chi connectivity index (χ3v) is 7.70. The summed E-state index contributed by atoms with van der Waals surface area (Å²) < 4.78 is 0. The summed E-state index contributed by atoms with van der Waals surface area (Å²) >= 11 is 0. The zero-order valence-corrected chi connectivity index (χ0v) is 18.9. The Morgan fingerprint density at radius 1 is 0.343 bits per heavy atom. The second kappa shape index (κ2) is 6.74. The van der Waals surface area contributed by atoms with Crippen LogP contribution in [-0.2, 0) is 5.41 Å². The van der Waals surface area contributed by atoms with Gasteiger partial charge < -0.3 is 0 Å². The molecule has 1 aromatic heterocycles. The van der Waals surface area contributed by atoms with Gasteiger partial charge in [-0.3, -0.25) is 0 Å². The van der Waals surface area contributed by atoms with Gasteiger partial charge in [-0.1, -0.05) is 109 Å². The van der Waals surface area contributed by atoms with Crippen molar-refractivity contribution in [1.82, 2.24) is 9.97 Å². The van der Waals surface area contributed by atoms with Gasteiger partial charge in [-0.25, -0.2) is 9.97 Å². The van der Waals surface area contributed by atoms with Gasteiger partial charge in [0, 0.05) is 11.1 Å².